The molecule has 0 fully saturated rings. The van der Waals surface area contributed by atoms with Crippen LogP contribution in [-0.2, 0) is 9.53 Å². The first kappa shape index (κ1) is 14.1. The van der Waals surface area contributed by atoms with Crippen molar-refractivity contribution in [2.24, 2.45) is 0 Å². The standard InChI is InChI=1S/C12H13BrClNO2/c1-7(2)11(12(16)17-3)15-8-4-5-10(14)9(13)6-8/h4-6,11,15H,1H2,2-3H3. The second kappa shape index (κ2) is 6.07. The van der Waals surface area contributed by atoms with Gasteiger partial charge in [0.2, 0.25) is 0 Å². The second-order valence-electron chi connectivity index (χ2n) is 3.58. The maximum absolute atomic E-state index is 11.5. The molecule has 5 heteroatoms. The van der Waals surface area contributed by atoms with Crippen molar-refractivity contribution in [1.82, 2.24) is 0 Å². The van der Waals surface area contributed by atoms with Gasteiger partial charge in [-0.2, -0.15) is 0 Å². The smallest absolute Gasteiger partial charge is 0.332 e. The minimum absolute atomic E-state index is 0.372. The van der Waals surface area contributed by atoms with Crippen LogP contribution in [0.3, 0.4) is 0 Å². The third kappa shape index (κ3) is 3.75. The summed E-state index contributed by atoms with van der Waals surface area (Å²) in [6, 6.07) is 4.75. The number of ether oxygens (including phenoxy) is 1. The van der Waals surface area contributed by atoms with E-state index >= 15 is 0 Å². The highest BCUT2D eigenvalue weighted by Gasteiger charge is 2.19. The molecule has 0 aromatic heterocycles. The molecule has 0 aliphatic rings. The van der Waals surface area contributed by atoms with Crippen LogP contribution >= 0.6 is 27.5 Å². The lowest BCUT2D eigenvalue weighted by Crippen LogP contribution is -2.31. The van der Waals surface area contributed by atoms with E-state index in [0.717, 1.165) is 10.2 Å². The van der Waals surface area contributed by atoms with Crippen LogP contribution in [0.25, 0.3) is 0 Å². The molecule has 1 rings (SSSR count). The Hall–Kier alpha value is -1.00. The van der Waals surface area contributed by atoms with Gasteiger partial charge in [0.05, 0.1) is 12.1 Å². The van der Waals surface area contributed by atoms with Crippen molar-refractivity contribution in [2.45, 2.75) is 13.0 Å². The lowest BCUT2D eigenvalue weighted by Gasteiger charge is -2.17. The molecule has 1 unspecified atom stereocenters. The Labute approximate surface area is 114 Å². The molecule has 92 valence electrons. The SMILES string of the molecule is C=C(C)C(Nc1ccc(Cl)c(Br)c1)C(=O)OC. The van der Waals surface area contributed by atoms with Gasteiger partial charge in [0, 0.05) is 10.2 Å². The highest BCUT2D eigenvalue weighted by molar-refractivity contribution is 9.10. The molecule has 0 saturated carbocycles. The predicted molar refractivity (Wildman–Crippen MR) is 73.4 cm³/mol. The fraction of sp³-hybridized carbons (Fsp3) is 0.250. The Morgan fingerprint density at radius 1 is 1.59 bits per heavy atom. The third-order valence-electron chi connectivity index (χ3n) is 2.16. The lowest BCUT2D eigenvalue weighted by atomic mass is 10.1. The summed E-state index contributed by atoms with van der Waals surface area (Å²) in [5.41, 5.74) is 1.45. The van der Waals surface area contributed by atoms with Crippen LogP contribution in [0.15, 0.2) is 34.8 Å². The summed E-state index contributed by atoms with van der Waals surface area (Å²) in [4.78, 5) is 11.5. The Kier molecular flexibility index (Phi) is 5.02. The third-order valence-corrected chi connectivity index (χ3v) is 3.37. The zero-order valence-corrected chi connectivity index (χ0v) is 11.9. The van der Waals surface area contributed by atoms with E-state index in [1.165, 1.54) is 7.11 Å². The number of carbonyl (C=O) groups excluding carboxylic acids is 1. The molecule has 1 N–H and O–H groups in total. The van der Waals surface area contributed by atoms with E-state index in [9.17, 15) is 4.79 Å². The topological polar surface area (TPSA) is 38.3 Å². The number of esters is 1. The van der Waals surface area contributed by atoms with Crippen LogP contribution in [0.2, 0.25) is 5.02 Å². The zero-order valence-electron chi connectivity index (χ0n) is 9.59. The van der Waals surface area contributed by atoms with Crippen LogP contribution in [0, 0.1) is 0 Å². The fourth-order valence-corrected chi connectivity index (χ4v) is 1.75. The molecule has 0 saturated heterocycles. The van der Waals surface area contributed by atoms with Gasteiger partial charge in [-0.1, -0.05) is 18.2 Å². The fourth-order valence-electron chi connectivity index (χ4n) is 1.25. The van der Waals surface area contributed by atoms with Gasteiger partial charge in [-0.15, -0.1) is 0 Å². The Morgan fingerprint density at radius 2 is 2.24 bits per heavy atom. The normalized spacial score (nSPS) is 11.8. The highest BCUT2D eigenvalue weighted by atomic mass is 79.9. The van der Waals surface area contributed by atoms with E-state index < -0.39 is 6.04 Å². The van der Waals surface area contributed by atoms with Gasteiger partial charge in [-0.25, -0.2) is 4.79 Å². The van der Waals surface area contributed by atoms with Crippen LogP contribution in [0.5, 0.6) is 0 Å². The molecule has 3 nitrogen and oxygen atoms in total. The average Bonchev–Trinajstić information content (AvgIpc) is 2.29. The number of halogens is 2. The van der Waals surface area contributed by atoms with E-state index in [1.54, 1.807) is 25.1 Å². The number of hydrogen-bond donors (Lipinski definition) is 1. The first-order valence-electron chi connectivity index (χ1n) is 4.90. The largest absolute Gasteiger partial charge is 0.467 e. The van der Waals surface area contributed by atoms with E-state index in [4.69, 9.17) is 16.3 Å². The summed E-state index contributed by atoms with van der Waals surface area (Å²) in [6.07, 6.45) is 0. The van der Waals surface area contributed by atoms with E-state index in [-0.39, 0.29) is 5.97 Å². The second-order valence-corrected chi connectivity index (χ2v) is 4.84. The number of benzene rings is 1. The van der Waals surface area contributed by atoms with Crippen molar-refractivity contribution < 1.29 is 9.53 Å². The number of carbonyl (C=O) groups is 1. The van der Waals surface area contributed by atoms with E-state index in [0.29, 0.717) is 10.6 Å². The van der Waals surface area contributed by atoms with Gasteiger partial charge in [-0.3, -0.25) is 0 Å². The van der Waals surface area contributed by atoms with E-state index in [2.05, 4.69) is 27.8 Å². The van der Waals surface area contributed by atoms with Crippen LogP contribution in [0.4, 0.5) is 5.69 Å². The first-order valence-corrected chi connectivity index (χ1v) is 6.07. The van der Waals surface area contributed by atoms with Crippen molar-refractivity contribution in [1.29, 1.82) is 0 Å². The van der Waals surface area contributed by atoms with Crippen molar-refractivity contribution in [2.75, 3.05) is 12.4 Å². The summed E-state index contributed by atoms with van der Waals surface area (Å²) in [7, 11) is 1.34. The molecule has 0 heterocycles. The quantitative estimate of drug-likeness (QED) is 0.680. The summed E-state index contributed by atoms with van der Waals surface area (Å²) >= 11 is 9.20. The Balaban J connectivity index is 2.90. The van der Waals surface area contributed by atoms with E-state index in [1.807, 2.05) is 0 Å². The summed E-state index contributed by atoms with van der Waals surface area (Å²) in [6.45, 7) is 5.52. The lowest BCUT2D eigenvalue weighted by molar-refractivity contribution is -0.140. The monoisotopic (exact) mass is 317 g/mol. The number of anilines is 1. The maximum Gasteiger partial charge on any atom is 0.332 e. The molecule has 0 spiro atoms. The summed E-state index contributed by atoms with van der Waals surface area (Å²) < 4.78 is 5.46. The molecule has 1 atom stereocenters. The maximum atomic E-state index is 11.5. The summed E-state index contributed by atoms with van der Waals surface area (Å²) in [5, 5.41) is 3.65. The van der Waals surface area contributed by atoms with Gasteiger partial charge in [-0.05, 0) is 46.6 Å². The van der Waals surface area contributed by atoms with Gasteiger partial charge in [0.25, 0.3) is 0 Å². The first-order chi connectivity index (χ1) is 7.95. The molecule has 0 aliphatic carbocycles. The van der Waals surface area contributed by atoms with Crippen molar-refractivity contribution in [3.63, 3.8) is 0 Å². The van der Waals surface area contributed by atoms with Gasteiger partial charge >= 0.3 is 5.97 Å². The Morgan fingerprint density at radius 3 is 2.71 bits per heavy atom. The van der Waals surface area contributed by atoms with Crippen molar-refractivity contribution >= 4 is 39.2 Å². The van der Waals surface area contributed by atoms with Crippen LogP contribution in [-0.4, -0.2) is 19.1 Å². The van der Waals surface area contributed by atoms with Gasteiger partial charge < -0.3 is 10.1 Å². The molecule has 0 aliphatic heterocycles. The minimum Gasteiger partial charge on any atom is -0.467 e. The molecule has 0 radical (unpaired) electrons. The van der Waals surface area contributed by atoms with Crippen LogP contribution < -0.4 is 5.32 Å². The minimum atomic E-state index is -0.562. The zero-order chi connectivity index (χ0) is 13.0. The average molecular weight is 319 g/mol. The number of rotatable bonds is 4. The number of nitrogens with one attached hydrogen (secondary N) is 1. The molecule has 17 heavy (non-hydrogen) atoms. The number of methoxy groups -OCH3 is 1. The summed E-state index contributed by atoms with van der Waals surface area (Å²) in [5.74, 6) is -0.372. The highest BCUT2D eigenvalue weighted by Crippen LogP contribution is 2.26. The molecule has 0 bridgehead atoms. The van der Waals surface area contributed by atoms with Crippen molar-refractivity contribution in [3.8, 4) is 0 Å². The van der Waals surface area contributed by atoms with Crippen molar-refractivity contribution in [3.05, 3.63) is 39.8 Å². The van der Waals surface area contributed by atoms with Crippen LogP contribution in [0.1, 0.15) is 6.92 Å². The van der Waals surface area contributed by atoms with Gasteiger partial charge in [0.15, 0.2) is 0 Å². The predicted octanol–water partition coefficient (Wildman–Crippen LogP) is 3.63. The molecular formula is C12H13BrClNO2. The Bertz CT molecular complexity index is 448. The molecule has 0 amide bonds. The molecular weight excluding hydrogens is 305 g/mol. The number of hydrogen-bond acceptors (Lipinski definition) is 3. The van der Waals surface area contributed by atoms with Gasteiger partial charge in [0.1, 0.15) is 6.04 Å². The molecule has 1 aromatic carbocycles. The molecule has 1 aromatic rings.